The highest BCUT2D eigenvalue weighted by molar-refractivity contribution is 6.00. The summed E-state index contributed by atoms with van der Waals surface area (Å²) in [7, 11) is 0. The maximum Gasteiger partial charge on any atom is 0.416 e. The second-order valence-corrected chi connectivity index (χ2v) is 5.98. The molecule has 0 fully saturated rings. The van der Waals surface area contributed by atoms with Crippen LogP contribution < -0.4 is 10.7 Å². The van der Waals surface area contributed by atoms with Crippen LogP contribution in [-0.2, 0) is 11.0 Å². The number of hydrogen-bond acceptors (Lipinski definition) is 3. The maximum atomic E-state index is 12.7. The molecule has 0 radical (unpaired) electrons. The number of aryl methyl sites for hydroxylation is 2. The number of carbonyl (C=O) groups excluding carboxylic acids is 1. The molecule has 0 aliphatic heterocycles. The van der Waals surface area contributed by atoms with Gasteiger partial charge in [0.05, 0.1) is 17.8 Å². The summed E-state index contributed by atoms with van der Waals surface area (Å²) >= 11 is 0. The predicted octanol–water partition coefficient (Wildman–Crippen LogP) is 4.27. The lowest BCUT2D eigenvalue weighted by Gasteiger charge is -2.10. The lowest BCUT2D eigenvalue weighted by atomic mass is 10.0. The normalized spacial score (nSPS) is 12.0. The van der Waals surface area contributed by atoms with E-state index in [0.717, 1.165) is 28.8 Å². The van der Waals surface area contributed by atoms with E-state index in [1.807, 2.05) is 32.0 Å². The SMILES string of the molecule is C/C(=N/NC(=O)CNc1cccc(C(F)(F)F)c1)c1ccc(C)cc1C. The van der Waals surface area contributed by atoms with Crippen molar-refractivity contribution in [1.29, 1.82) is 0 Å². The Bertz CT molecular complexity index is 829. The van der Waals surface area contributed by atoms with Gasteiger partial charge in [-0.2, -0.15) is 18.3 Å². The predicted molar refractivity (Wildman–Crippen MR) is 96.2 cm³/mol. The van der Waals surface area contributed by atoms with E-state index in [4.69, 9.17) is 0 Å². The van der Waals surface area contributed by atoms with Crippen molar-refractivity contribution in [3.63, 3.8) is 0 Å². The van der Waals surface area contributed by atoms with Gasteiger partial charge in [0, 0.05) is 11.3 Å². The molecule has 138 valence electrons. The van der Waals surface area contributed by atoms with Gasteiger partial charge in [0.25, 0.3) is 5.91 Å². The summed E-state index contributed by atoms with van der Waals surface area (Å²) in [5.41, 5.74) is 5.59. The van der Waals surface area contributed by atoms with Crippen LogP contribution in [0.25, 0.3) is 0 Å². The van der Waals surface area contributed by atoms with E-state index >= 15 is 0 Å². The highest BCUT2D eigenvalue weighted by Gasteiger charge is 2.30. The van der Waals surface area contributed by atoms with Crippen molar-refractivity contribution in [2.45, 2.75) is 26.9 Å². The molecule has 0 aliphatic carbocycles. The summed E-state index contributed by atoms with van der Waals surface area (Å²) in [6.07, 6.45) is -4.42. The zero-order chi connectivity index (χ0) is 19.3. The summed E-state index contributed by atoms with van der Waals surface area (Å²) in [4.78, 5) is 11.9. The Labute approximate surface area is 150 Å². The molecule has 0 aliphatic rings. The van der Waals surface area contributed by atoms with Crippen molar-refractivity contribution in [2.75, 3.05) is 11.9 Å². The van der Waals surface area contributed by atoms with Gasteiger partial charge in [-0.05, 0) is 44.5 Å². The van der Waals surface area contributed by atoms with Gasteiger partial charge in [-0.3, -0.25) is 4.79 Å². The molecule has 0 spiro atoms. The molecule has 0 atom stereocenters. The smallest absolute Gasteiger partial charge is 0.376 e. The molecule has 0 aromatic heterocycles. The first kappa shape index (κ1) is 19.5. The fraction of sp³-hybridized carbons (Fsp3) is 0.263. The molecule has 2 rings (SSSR count). The Morgan fingerprint density at radius 1 is 1.12 bits per heavy atom. The second-order valence-electron chi connectivity index (χ2n) is 5.98. The number of amides is 1. The van der Waals surface area contributed by atoms with Crippen LogP contribution in [0.15, 0.2) is 47.6 Å². The molecule has 0 heterocycles. The molecule has 2 N–H and O–H groups in total. The van der Waals surface area contributed by atoms with Gasteiger partial charge in [0.1, 0.15) is 0 Å². The summed E-state index contributed by atoms with van der Waals surface area (Å²) in [5.74, 6) is -0.452. The lowest BCUT2D eigenvalue weighted by molar-refractivity contribution is -0.137. The zero-order valence-electron chi connectivity index (χ0n) is 14.7. The molecule has 0 saturated heterocycles. The quantitative estimate of drug-likeness (QED) is 0.616. The van der Waals surface area contributed by atoms with Crippen molar-refractivity contribution in [1.82, 2.24) is 5.43 Å². The second kappa shape index (κ2) is 8.03. The van der Waals surface area contributed by atoms with Crippen LogP contribution in [0.3, 0.4) is 0 Å². The molecule has 2 aromatic carbocycles. The fourth-order valence-corrected chi connectivity index (χ4v) is 2.45. The molecule has 2 aromatic rings. The van der Waals surface area contributed by atoms with Crippen LogP contribution in [0.2, 0.25) is 0 Å². The molecule has 4 nitrogen and oxygen atoms in total. The van der Waals surface area contributed by atoms with Gasteiger partial charge in [0.15, 0.2) is 0 Å². The lowest BCUT2D eigenvalue weighted by Crippen LogP contribution is -2.27. The number of hydrazone groups is 1. The van der Waals surface area contributed by atoms with Gasteiger partial charge in [-0.15, -0.1) is 0 Å². The Balaban J connectivity index is 1.95. The minimum atomic E-state index is -4.42. The highest BCUT2D eigenvalue weighted by atomic mass is 19.4. The van der Waals surface area contributed by atoms with Crippen LogP contribution in [0.1, 0.15) is 29.2 Å². The van der Waals surface area contributed by atoms with E-state index in [1.54, 1.807) is 6.92 Å². The number of nitrogens with zero attached hydrogens (tertiary/aromatic N) is 1. The zero-order valence-corrected chi connectivity index (χ0v) is 14.7. The topological polar surface area (TPSA) is 53.5 Å². The van der Waals surface area contributed by atoms with Crippen LogP contribution in [-0.4, -0.2) is 18.2 Å². The molecule has 0 unspecified atom stereocenters. The van der Waals surface area contributed by atoms with E-state index in [2.05, 4.69) is 15.8 Å². The minimum Gasteiger partial charge on any atom is -0.376 e. The van der Waals surface area contributed by atoms with Crippen LogP contribution in [0.5, 0.6) is 0 Å². The van der Waals surface area contributed by atoms with E-state index < -0.39 is 17.6 Å². The number of alkyl halides is 3. The third-order valence-electron chi connectivity index (χ3n) is 3.76. The Kier molecular flexibility index (Phi) is 6.02. The van der Waals surface area contributed by atoms with E-state index in [-0.39, 0.29) is 12.2 Å². The van der Waals surface area contributed by atoms with Crippen molar-refractivity contribution in [3.8, 4) is 0 Å². The van der Waals surface area contributed by atoms with Crippen LogP contribution >= 0.6 is 0 Å². The average Bonchev–Trinajstić information content (AvgIpc) is 2.57. The van der Waals surface area contributed by atoms with Gasteiger partial charge >= 0.3 is 6.18 Å². The van der Waals surface area contributed by atoms with Gasteiger partial charge in [-0.25, -0.2) is 5.43 Å². The first-order chi connectivity index (χ1) is 12.2. The average molecular weight is 363 g/mol. The molecule has 0 saturated carbocycles. The van der Waals surface area contributed by atoms with Crippen molar-refractivity contribution in [2.24, 2.45) is 5.10 Å². The standard InChI is InChI=1S/C19H20F3N3O/c1-12-7-8-17(13(2)9-12)14(3)24-25-18(26)11-23-16-6-4-5-15(10-16)19(20,21)22/h4-10,23H,11H2,1-3H3,(H,25,26)/b24-14-. The number of carbonyl (C=O) groups is 1. The molecule has 26 heavy (non-hydrogen) atoms. The number of anilines is 1. The van der Waals surface area contributed by atoms with E-state index in [1.165, 1.54) is 12.1 Å². The van der Waals surface area contributed by atoms with Crippen LogP contribution in [0, 0.1) is 13.8 Å². The molecule has 0 bridgehead atoms. The van der Waals surface area contributed by atoms with E-state index in [9.17, 15) is 18.0 Å². The largest absolute Gasteiger partial charge is 0.416 e. The van der Waals surface area contributed by atoms with Crippen molar-refractivity contribution in [3.05, 3.63) is 64.7 Å². The summed E-state index contributed by atoms with van der Waals surface area (Å²) in [6.45, 7) is 5.53. The molecular weight excluding hydrogens is 343 g/mol. The Hall–Kier alpha value is -2.83. The highest BCUT2D eigenvalue weighted by Crippen LogP contribution is 2.30. The van der Waals surface area contributed by atoms with Crippen LogP contribution in [0.4, 0.5) is 18.9 Å². The first-order valence-corrected chi connectivity index (χ1v) is 7.98. The number of nitrogens with one attached hydrogen (secondary N) is 2. The van der Waals surface area contributed by atoms with Crippen molar-refractivity contribution >= 4 is 17.3 Å². The number of rotatable bonds is 5. The number of halogens is 3. The Morgan fingerprint density at radius 2 is 1.85 bits per heavy atom. The fourth-order valence-electron chi connectivity index (χ4n) is 2.45. The Morgan fingerprint density at radius 3 is 2.50 bits per heavy atom. The van der Waals surface area contributed by atoms with E-state index in [0.29, 0.717) is 5.71 Å². The summed E-state index contributed by atoms with van der Waals surface area (Å²) in [5, 5.41) is 6.71. The van der Waals surface area contributed by atoms with Gasteiger partial charge in [0.2, 0.25) is 0 Å². The third kappa shape index (κ3) is 5.34. The number of benzene rings is 2. The monoisotopic (exact) mass is 363 g/mol. The maximum absolute atomic E-state index is 12.7. The third-order valence-corrected chi connectivity index (χ3v) is 3.76. The summed E-state index contributed by atoms with van der Waals surface area (Å²) in [6, 6.07) is 10.6. The number of hydrogen-bond donors (Lipinski definition) is 2. The van der Waals surface area contributed by atoms with Gasteiger partial charge < -0.3 is 5.32 Å². The molecule has 1 amide bonds. The van der Waals surface area contributed by atoms with Gasteiger partial charge in [-0.1, -0.05) is 29.8 Å². The summed E-state index contributed by atoms with van der Waals surface area (Å²) < 4.78 is 38.0. The molecule has 7 heteroatoms. The van der Waals surface area contributed by atoms with Crippen molar-refractivity contribution < 1.29 is 18.0 Å². The molecular formula is C19H20F3N3O. The first-order valence-electron chi connectivity index (χ1n) is 7.98. The minimum absolute atomic E-state index is 0.190.